The molecule has 3 saturated heterocycles. The second-order valence-corrected chi connectivity index (χ2v) is 6.25. The quantitative estimate of drug-likeness (QED) is 0.718. The standard InChI is InChI=1S/C15H26N4O3.2ClH/c20-14(12-17-4-1-2-5-17)18-6-8-19(9-7-18)15(21)13-11-16-3-10-22-13;;/h13,16H,1-12H2;2*1H. The lowest BCUT2D eigenvalue weighted by Gasteiger charge is -2.37. The Morgan fingerprint density at radius 2 is 1.58 bits per heavy atom. The van der Waals surface area contributed by atoms with Crippen LogP contribution in [0.1, 0.15) is 12.8 Å². The van der Waals surface area contributed by atoms with Gasteiger partial charge in [-0.3, -0.25) is 14.5 Å². The molecule has 1 unspecified atom stereocenters. The molecule has 7 nitrogen and oxygen atoms in total. The summed E-state index contributed by atoms with van der Waals surface area (Å²) in [6, 6.07) is 0. The van der Waals surface area contributed by atoms with E-state index in [0.29, 0.717) is 45.9 Å². The lowest BCUT2D eigenvalue weighted by molar-refractivity contribution is -0.149. The highest BCUT2D eigenvalue weighted by molar-refractivity contribution is 5.85. The van der Waals surface area contributed by atoms with Crippen LogP contribution in [0.25, 0.3) is 0 Å². The number of hydrogen-bond donors (Lipinski definition) is 1. The van der Waals surface area contributed by atoms with Crippen molar-refractivity contribution in [1.29, 1.82) is 0 Å². The molecule has 3 aliphatic rings. The van der Waals surface area contributed by atoms with Gasteiger partial charge in [-0.25, -0.2) is 0 Å². The van der Waals surface area contributed by atoms with Gasteiger partial charge in [0.2, 0.25) is 5.91 Å². The highest BCUT2D eigenvalue weighted by atomic mass is 35.5. The first-order valence-electron chi connectivity index (χ1n) is 8.35. The number of piperazine rings is 1. The summed E-state index contributed by atoms with van der Waals surface area (Å²) in [5.74, 6) is 0.253. The molecule has 0 aromatic heterocycles. The molecule has 0 radical (unpaired) electrons. The summed E-state index contributed by atoms with van der Waals surface area (Å²) >= 11 is 0. The number of carbonyl (C=O) groups is 2. The third-order valence-electron chi connectivity index (χ3n) is 4.70. The molecule has 24 heavy (non-hydrogen) atoms. The third-order valence-corrected chi connectivity index (χ3v) is 4.70. The van der Waals surface area contributed by atoms with Crippen LogP contribution in [0.2, 0.25) is 0 Å². The Labute approximate surface area is 155 Å². The number of amides is 2. The lowest BCUT2D eigenvalue weighted by Crippen LogP contribution is -2.56. The molecule has 0 aliphatic carbocycles. The van der Waals surface area contributed by atoms with Crippen LogP contribution in [0.4, 0.5) is 0 Å². The minimum Gasteiger partial charge on any atom is -0.366 e. The largest absolute Gasteiger partial charge is 0.366 e. The smallest absolute Gasteiger partial charge is 0.253 e. The Kier molecular flexibility index (Phi) is 9.30. The minimum atomic E-state index is -0.361. The molecule has 3 rings (SSSR count). The zero-order valence-electron chi connectivity index (χ0n) is 13.9. The number of carbonyl (C=O) groups excluding carboxylic acids is 2. The van der Waals surface area contributed by atoms with E-state index in [2.05, 4.69) is 10.2 Å². The number of nitrogens with zero attached hydrogens (tertiary/aromatic N) is 3. The summed E-state index contributed by atoms with van der Waals surface area (Å²) < 4.78 is 5.52. The van der Waals surface area contributed by atoms with Gasteiger partial charge in [-0.05, 0) is 25.9 Å². The summed E-state index contributed by atoms with van der Waals surface area (Å²) in [7, 11) is 0. The summed E-state index contributed by atoms with van der Waals surface area (Å²) in [6.45, 7) is 7.10. The molecule has 0 aromatic rings. The Hall–Kier alpha value is -0.600. The van der Waals surface area contributed by atoms with Crippen LogP contribution in [0.3, 0.4) is 0 Å². The van der Waals surface area contributed by atoms with Crippen molar-refractivity contribution >= 4 is 36.6 Å². The van der Waals surface area contributed by atoms with Crippen LogP contribution in [-0.2, 0) is 14.3 Å². The molecule has 0 saturated carbocycles. The number of nitrogens with one attached hydrogen (secondary N) is 1. The van der Waals surface area contributed by atoms with E-state index in [1.54, 1.807) is 0 Å². The van der Waals surface area contributed by atoms with Gasteiger partial charge in [-0.15, -0.1) is 24.8 Å². The maximum atomic E-state index is 12.4. The van der Waals surface area contributed by atoms with Crippen LogP contribution >= 0.6 is 24.8 Å². The van der Waals surface area contributed by atoms with Crippen molar-refractivity contribution in [2.75, 3.05) is 65.5 Å². The topological polar surface area (TPSA) is 65.1 Å². The molecular formula is C15H28Cl2N4O3. The Balaban J connectivity index is 0.00000144. The molecular weight excluding hydrogens is 355 g/mol. The minimum absolute atomic E-state index is 0. The first kappa shape index (κ1) is 21.4. The van der Waals surface area contributed by atoms with E-state index in [1.165, 1.54) is 12.8 Å². The van der Waals surface area contributed by atoms with E-state index >= 15 is 0 Å². The molecule has 3 aliphatic heterocycles. The van der Waals surface area contributed by atoms with Gasteiger partial charge in [0.25, 0.3) is 5.91 Å². The van der Waals surface area contributed by atoms with E-state index < -0.39 is 0 Å². The van der Waals surface area contributed by atoms with Gasteiger partial charge in [0.15, 0.2) is 0 Å². The van der Waals surface area contributed by atoms with Crippen molar-refractivity contribution in [3.8, 4) is 0 Å². The number of likely N-dealkylation sites (tertiary alicyclic amines) is 1. The molecule has 1 N–H and O–H groups in total. The first-order valence-corrected chi connectivity index (χ1v) is 8.35. The van der Waals surface area contributed by atoms with Crippen molar-refractivity contribution < 1.29 is 14.3 Å². The second-order valence-electron chi connectivity index (χ2n) is 6.25. The average molecular weight is 383 g/mol. The SMILES string of the molecule is Cl.Cl.O=C(CN1CCCC1)N1CCN(C(=O)C2CNCCO2)CC1. The fourth-order valence-corrected chi connectivity index (χ4v) is 3.34. The highest BCUT2D eigenvalue weighted by Gasteiger charge is 2.30. The van der Waals surface area contributed by atoms with Crippen LogP contribution in [0, 0.1) is 0 Å². The fraction of sp³-hybridized carbons (Fsp3) is 0.867. The maximum absolute atomic E-state index is 12.4. The highest BCUT2D eigenvalue weighted by Crippen LogP contribution is 2.10. The van der Waals surface area contributed by atoms with Gasteiger partial charge in [-0.1, -0.05) is 0 Å². The van der Waals surface area contributed by atoms with E-state index in [9.17, 15) is 9.59 Å². The van der Waals surface area contributed by atoms with Gasteiger partial charge in [0, 0.05) is 39.3 Å². The van der Waals surface area contributed by atoms with Crippen molar-refractivity contribution in [3.63, 3.8) is 0 Å². The van der Waals surface area contributed by atoms with E-state index in [1.807, 2.05) is 9.80 Å². The van der Waals surface area contributed by atoms with Crippen LogP contribution in [0.15, 0.2) is 0 Å². The number of rotatable bonds is 3. The normalized spacial score (nSPS) is 24.9. The zero-order valence-corrected chi connectivity index (χ0v) is 15.6. The molecule has 2 amide bonds. The summed E-state index contributed by atoms with van der Waals surface area (Å²) in [4.78, 5) is 30.6. The molecule has 3 fully saturated rings. The Morgan fingerprint density at radius 1 is 0.958 bits per heavy atom. The zero-order chi connectivity index (χ0) is 15.4. The summed E-state index contributed by atoms with van der Waals surface area (Å²) in [5.41, 5.74) is 0. The van der Waals surface area contributed by atoms with Gasteiger partial charge in [0.05, 0.1) is 13.2 Å². The van der Waals surface area contributed by atoms with E-state index in [-0.39, 0.29) is 42.7 Å². The van der Waals surface area contributed by atoms with E-state index in [4.69, 9.17) is 4.74 Å². The van der Waals surface area contributed by atoms with Gasteiger partial charge >= 0.3 is 0 Å². The molecule has 9 heteroatoms. The summed E-state index contributed by atoms with van der Waals surface area (Å²) in [5, 5.41) is 3.18. The number of halogens is 2. The van der Waals surface area contributed by atoms with Crippen LogP contribution in [0.5, 0.6) is 0 Å². The van der Waals surface area contributed by atoms with Crippen molar-refractivity contribution in [3.05, 3.63) is 0 Å². The molecule has 0 aromatic carbocycles. The second kappa shape index (κ2) is 10.4. The molecule has 0 bridgehead atoms. The number of ether oxygens (including phenoxy) is 1. The average Bonchev–Trinajstić information content (AvgIpc) is 3.08. The van der Waals surface area contributed by atoms with Crippen molar-refractivity contribution in [1.82, 2.24) is 20.0 Å². The van der Waals surface area contributed by atoms with E-state index in [0.717, 1.165) is 19.6 Å². The first-order chi connectivity index (χ1) is 10.7. The van der Waals surface area contributed by atoms with Gasteiger partial charge in [-0.2, -0.15) is 0 Å². The molecule has 0 spiro atoms. The Bertz CT molecular complexity index is 408. The summed E-state index contributed by atoms with van der Waals surface area (Å²) in [6.07, 6.45) is 2.04. The van der Waals surface area contributed by atoms with Crippen molar-refractivity contribution in [2.45, 2.75) is 18.9 Å². The predicted octanol–water partition coefficient (Wildman–Crippen LogP) is -0.415. The van der Waals surface area contributed by atoms with Crippen molar-refractivity contribution in [2.24, 2.45) is 0 Å². The number of hydrogen-bond acceptors (Lipinski definition) is 5. The lowest BCUT2D eigenvalue weighted by atomic mass is 10.2. The monoisotopic (exact) mass is 382 g/mol. The van der Waals surface area contributed by atoms with Crippen LogP contribution in [-0.4, -0.2) is 98.1 Å². The maximum Gasteiger partial charge on any atom is 0.253 e. The Morgan fingerprint density at radius 3 is 2.17 bits per heavy atom. The molecule has 1 atom stereocenters. The van der Waals surface area contributed by atoms with Crippen LogP contribution < -0.4 is 5.32 Å². The third kappa shape index (κ3) is 5.46. The molecule has 140 valence electrons. The predicted molar refractivity (Wildman–Crippen MR) is 95.9 cm³/mol. The number of morpholine rings is 1. The van der Waals surface area contributed by atoms with Gasteiger partial charge < -0.3 is 19.9 Å². The fourth-order valence-electron chi connectivity index (χ4n) is 3.34. The molecule has 3 heterocycles. The van der Waals surface area contributed by atoms with Gasteiger partial charge in [0.1, 0.15) is 6.10 Å².